The molecule has 4 nitrogen and oxygen atoms in total. The number of nitrogens with zero attached hydrogens (tertiary/aromatic N) is 1. The Kier molecular flexibility index (Phi) is 5.94. The summed E-state index contributed by atoms with van der Waals surface area (Å²) in [5, 5.41) is 3.56. The maximum absolute atomic E-state index is 12.0. The van der Waals surface area contributed by atoms with Crippen molar-refractivity contribution in [2.75, 3.05) is 29.9 Å². The highest BCUT2D eigenvalue weighted by molar-refractivity contribution is 8.00. The van der Waals surface area contributed by atoms with Gasteiger partial charge in [-0.2, -0.15) is 11.8 Å². The maximum Gasteiger partial charge on any atom is 0.224 e. The Labute approximate surface area is 131 Å². The quantitative estimate of drug-likeness (QED) is 0.821. The number of nitrogens with two attached hydrogens (primary N) is 1. The lowest BCUT2D eigenvalue weighted by Gasteiger charge is -2.37. The Hall–Kier alpha value is -1.20. The largest absolute Gasteiger partial charge is 0.397 e. The van der Waals surface area contributed by atoms with E-state index in [1.807, 2.05) is 30.0 Å². The highest BCUT2D eigenvalue weighted by Crippen LogP contribution is 2.24. The molecule has 0 spiro atoms. The van der Waals surface area contributed by atoms with Crippen molar-refractivity contribution in [2.24, 2.45) is 0 Å². The van der Waals surface area contributed by atoms with Gasteiger partial charge in [0, 0.05) is 30.0 Å². The van der Waals surface area contributed by atoms with E-state index in [0.717, 1.165) is 19.5 Å². The first kappa shape index (κ1) is 16.2. The third kappa shape index (κ3) is 4.64. The van der Waals surface area contributed by atoms with Crippen molar-refractivity contribution in [3.05, 3.63) is 24.3 Å². The van der Waals surface area contributed by atoms with E-state index in [4.69, 9.17) is 5.73 Å². The Morgan fingerprint density at radius 3 is 2.95 bits per heavy atom. The predicted molar refractivity (Wildman–Crippen MR) is 91.7 cm³/mol. The van der Waals surface area contributed by atoms with Crippen molar-refractivity contribution in [2.45, 2.75) is 38.0 Å². The molecular weight excluding hydrogens is 282 g/mol. The van der Waals surface area contributed by atoms with Crippen molar-refractivity contribution in [1.29, 1.82) is 0 Å². The zero-order valence-electron chi connectivity index (χ0n) is 12.8. The van der Waals surface area contributed by atoms with Crippen LogP contribution in [0.3, 0.4) is 0 Å². The van der Waals surface area contributed by atoms with Gasteiger partial charge in [0.1, 0.15) is 0 Å². The number of rotatable bonds is 5. The van der Waals surface area contributed by atoms with Gasteiger partial charge in [-0.05, 0) is 32.0 Å². The molecule has 21 heavy (non-hydrogen) atoms. The van der Waals surface area contributed by atoms with Gasteiger partial charge in [0.05, 0.1) is 11.4 Å². The minimum atomic E-state index is 0.0417. The van der Waals surface area contributed by atoms with Crippen molar-refractivity contribution < 1.29 is 4.79 Å². The molecule has 0 radical (unpaired) electrons. The highest BCUT2D eigenvalue weighted by atomic mass is 32.2. The Morgan fingerprint density at radius 1 is 1.43 bits per heavy atom. The molecule has 0 aliphatic carbocycles. The molecule has 2 rings (SSSR count). The number of nitrogens with one attached hydrogen (secondary N) is 1. The normalized spacial score (nSPS) is 23.0. The molecule has 5 heteroatoms. The van der Waals surface area contributed by atoms with Crippen molar-refractivity contribution in [1.82, 2.24) is 4.90 Å². The number of carbonyl (C=O) groups excluding carboxylic acids is 1. The molecule has 2 unspecified atom stereocenters. The lowest BCUT2D eigenvalue weighted by molar-refractivity contribution is -0.116. The molecule has 1 heterocycles. The molecule has 1 amide bonds. The summed E-state index contributed by atoms with van der Waals surface area (Å²) in [5.74, 6) is 1.23. The lowest BCUT2D eigenvalue weighted by atomic mass is 10.2. The van der Waals surface area contributed by atoms with Gasteiger partial charge in [-0.3, -0.25) is 9.69 Å². The van der Waals surface area contributed by atoms with Crippen LogP contribution < -0.4 is 11.1 Å². The highest BCUT2D eigenvalue weighted by Gasteiger charge is 2.24. The minimum absolute atomic E-state index is 0.0417. The van der Waals surface area contributed by atoms with E-state index in [1.54, 1.807) is 6.07 Å². The van der Waals surface area contributed by atoms with Gasteiger partial charge in [-0.15, -0.1) is 0 Å². The molecule has 1 fully saturated rings. The molecular formula is C16H25N3OS. The van der Waals surface area contributed by atoms with Crippen LogP contribution in [-0.4, -0.2) is 40.9 Å². The van der Waals surface area contributed by atoms with Crippen molar-refractivity contribution in [3.63, 3.8) is 0 Å². The number of hydrogen-bond donors (Lipinski definition) is 2. The van der Waals surface area contributed by atoms with Gasteiger partial charge >= 0.3 is 0 Å². The van der Waals surface area contributed by atoms with Gasteiger partial charge in [0.25, 0.3) is 0 Å². The monoisotopic (exact) mass is 307 g/mol. The Balaban J connectivity index is 1.73. The van der Waals surface area contributed by atoms with Gasteiger partial charge in [0.15, 0.2) is 0 Å². The summed E-state index contributed by atoms with van der Waals surface area (Å²) in [6.07, 6.45) is 1.43. The molecule has 1 aliphatic rings. The molecule has 1 saturated heterocycles. The van der Waals surface area contributed by atoms with Crippen LogP contribution in [0.5, 0.6) is 0 Å². The Bertz CT molecular complexity index is 480. The van der Waals surface area contributed by atoms with E-state index in [0.29, 0.717) is 29.1 Å². The van der Waals surface area contributed by atoms with Gasteiger partial charge in [-0.1, -0.05) is 19.1 Å². The first-order valence-electron chi connectivity index (χ1n) is 7.58. The van der Waals surface area contributed by atoms with E-state index in [9.17, 15) is 4.79 Å². The van der Waals surface area contributed by atoms with Crippen molar-refractivity contribution in [3.8, 4) is 0 Å². The van der Waals surface area contributed by atoms with Crippen LogP contribution in [0.4, 0.5) is 11.4 Å². The van der Waals surface area contributed by atoms with Crippen LogP contribution in [0.25, 0.3) is 0 Å². The number of thioether (sulfide) groups is 1. The van der Waals surface area contributed by atoms with Crippen LogP contribution in [-0.2, 0) is 4.79 Å². The third-order valence-electron chi connectivity index (χ3n) is 4.10. The summed E-state index contributed by atoms with van der Waals surface area (Å²) in [6, 6.07) is 7.96. The number of nitrogen functional groups attached to an aromatic ring is 1. The summed E-state index contributed by atoms with van der Waals surface area (Å²) in [5.41, 5.74) is 7.14. The zero-order chi connectivity index (χ0) is 15.2. The molecule has 116 valence electrons. The summed E-state index contributed by atoms with van der Waals surface area (Å²) >= 11 is 2.04. The van der Waals surface area contributed by atoms with Crippen molar-refractivity contribution >= 4 is 29.0 Å². The number of amides is 1. The number of carbonyl (C=O) groups is 1. The molecule has 3 N–H and O–H groups in total. The minimum Gasteiger partial charge on any atom is -0.397 e. The van der Waals surface area contributed by atoms with Crippen LogP contribution in [0.1, 0.15) is 26.7 Å². The maximum atomic E-state index is 12.0. The zero-order valence-corrected chi connectivity index (χ0v) is 13.7. The lowest BCUT2D eigenvalue weighted by Crippen LogP contribution is -2.45. The fourth-order valence-electron chi connectivity index (χ4n) is 2.58. The van der Waals surface area contributed by atoms with E-state index in [1.165, 1.54) is 5.75 Å². The second kappa shape index (κ2) is 7.71. The van der Waals surface area contributed by atoms with Crippen LogP contribution in [0.15, 0.2) is 24.3 Å². The molecule has 1 aliphatic heterocycles. The fourth-order valence-corrected chi connectivity index (χ4v) is 3.74. The van der Waals surface area contributed by atoms with E-state index >= 15 is 0 Å². The molecule has 1 aromatic rings. The van der Waals surface area contributed by atoms with Gasteiger partial charge < -0.3 is 11.1 Å². The second-order valence-electron chi connectivity index (χ2n) is 5.59. The second-order valence-corrected chi connectivity index (χ2v) is 7.08. The standard InChI is InChI=1S/C16H25N3OS/c1-12-13(2)21-11-10-19(12)9-5-8-16(20)18-15-7-4-3-6-14(15)17/h3-4,6-7,12-13H,5,8-11,17H2,1-2H3,(H,18,20). The number of anilines is 2. The average molecular weight is 307 g/mol. The molecule has 0 aromatic heterocycles. The van der Waals surface area contributed by atoms with Gasteiger partial charge in [-0.25, -0.2) is 0 Å². The summed E-state index contributed by atoms with van der Waals surface area (Å²) in [4.78, 5) is 14.5. The number of benzene rings is 1. The Morgan fingerprint density at radius 2 is 2.19 bits per heavy atom. The molecule has 0 bridgehead atoms. The first-order chi connectivity index (χ1) is 10.1. The average Bonchev–Trinajstić information content (AvgIpc) is 2.46. The predicted octanol–water partition coefficient (Wildman–Crippen LogP) is 2.81. The first-order valence-corrected chi connectivity index (χ1v) is 8.63. The number of hydrogen-bond acceptors (Lipinski definition) is 4. The summed E-state index contributed by atoms with van der Waals surface area (Å²) < 4.78 is 0. The third-order valence-corrected chi connectivity index (χ3v) is 5.44. The molecule has 1 aromatic carbocycles. The van der Waals surface area contributed by atoms with Gasteiger partial charge in [0.2, 0.25) is 5.91 Å². The smallest absolute Gasteiger partial charge is 0.224 e. The molecule has 2 atom stereocenters. The topological polar surface area (TPSA) is 58.4 Å². The SMILES string of the molecule is CC1SCCN(CCCC(=O)Nc2ccccc2N)C1C. The van der Waals surface area contributed by atoms with Crippen LogP contribution >= 0.6 is 11.8 Å². The fraction of sp³-hybridized carbons (Fsp3) is 0.562. The summed E-state index contributed by atoms with van der Waals surface area (Å²) in [7, 11) is 0. The van der Waals surface area contributed by atoms with Crippen LogP contribution in [0.2, 0.25) is 0 Å². The van der Waals surface area contributed by atoms with E-state index in [-0.39, 0.29) is 5.91 Å². The number of para-hydroxylation sites is 2. The summed E-state index contributed by atoms with van der Waals surface area (Å²) in [6.45, 7) is 6.68. The molecule has 0 saturated carbocycles. The van der Waals surface area contributed by atoms with E-state index < -0.39 is 0 Å². The van der Waals surface area contributed by atoms with E-state index in [2.05, 4.69) is 24.1 Å². The van der Waals surface area contributed by atoms with Crippen LogP contribution in [0, 0.1) is 0 Å².